The summed E-state index contributed by atoms with van der Waals surface area (Å²) < 4.78 is 14.3. The summed E-state index contributed by atoms with van der Waals surface area (Å²) in [7, 11) is 0. The first-order valence-corrected chi connectivity index (χ1v) is 7.01. The summed E-state index contributed by atoms with van der Waals surface area (Å²) in [5.41, 5.74) is 2.71. The fraction of sp³-hybridized carbons (Fsp3) is 0.0588. The second-order valence-electron chi connectivity index (χ2n) is 5.08. The molecule has 0 amide bonds. The van der Waals surface area contributed by atoms with Crippen molar-refractivity contribution < 1.29 is 4.39 Å². The number of aromatic amines is 1. The number of allylic oxidation sites excluding steroid dienone is 2. The van der Waals surface area contributed by atoms with Crippen LogP contribution in [-0.4, -0.2) is 15.0 Å². The van der Waals surface area contributed by atoms with Crippen LogP contribution in [0.4, 0.5) is 4.39 Å². The van der Waals surface area contributed by atoms with Gasteiger partial charge in [0.1, 0.15) is 11.5 Å². The number of imidazole rings is 1. The van der Waals surface area contributed by atoms with Crippen molar-refractivity contribution in [1.29, 1.82) is 0 Å². The molecule has 2 N–H and O–H groups in total. The molecule has 1 aromatic carbocycles. The van der Waals surface area contributed by atoms with Crippen LogP contribution in [0.5, 0.6) is 0 Å². The van der Waals surface area contributed by atoms with Crippen molar-refractivity contribution in [2.45, 2.75) is 6.04 Å². The predicted octanol–water partition coefficient (Wildman–Crippen LogP) is 3.48. The number of dihydropyridines is 1. The molecule has 0 saturated heterocycles. The van der Waals surface area contributed by atoms with Crippen LogP contribution in [0.1, 0.15) is 11.6 Å². The molecule has 0 aliphatic carbocycles. The van der Waals surface area contributed by atoms with E-state index in [-0.39, 0.29) is 11.9 Å². The number of rotatable bonds is 2. The normalized spacial score (nSPS) is 16.9. The number of pyridine rings is 1. The Kier molecular flexibility index (Phi) is 2.96. The van der Waals surface area contributed by atoms with Crippen molar-refractivity contribution in [3.63, 3.8) is 0 Å². The highest BCUT2D eigenvalue weighted by Crippen LogP contribution is 2.26. The number of halogens is 1. The fourth-order valence-corrected chi connectivity index (χ4v) is 2.55. The minimum atomic E-state index is -0.274. The zero-order valence-electron chi connectivity index (χ0n) is 11.6. The summed E-state index contributed by atoms with van der Waals surface area (Å²) in [4.78, 5) is 11.9. The maximum Gasteiger partial charge on any atom is 0.157 e. The molecule has 4 rings (SSSR count). The van der Waals surface area contributed by atoms with Crippen LogP contribution in [0.3, 0.4) is 0 Å². The number of aromatic nitrogens is 3. The Morgan fingerprint density at radius 2 is 2.09 bits per heavy atom. The molecule has 3 aromatic rings. The molecule has 1 atom stereocenters. The van der Waals surface area contributed by atoms with E-state index in [0.717, 1.165) is 11.2 Å². The third kappa shape index (κ3) is 2.16. The van der Waals surface area contributed by atoms with Crippen LogP contribution >= 0.6 is 0 Å². The van der Waals surface area contributed by atoms with E-state index >= 15 is 0 Å². The van der Waals surface area contributed by atoms with Crippen molar-refractivity contribution in [2.75, 3.05) is 0 Å². The van der Waals surface area contributed by atoms with Crippen molar-refractivity contribution in [1.82, 2.24) is 20.3 Å². The zero-order chi connectivity index (χ0) is 14.9. The Balaban J connectivity index is 1.80. The highest BCUT2D eigenvalue weighted by atomic mass is 19.1. The van der Waals surface area contributed by atoms with Gasteiger partial charge in [0.05, 0.1) is 17.1 Å². The Hall–Kier alpha value is -2.95. The van der Waals surface area contributed by atoms with Gasteiger partial charge >= 0.3 is 0 Å². The van der Waals surface area contributed by atoms with Gasteiger partial charge in [0, 0.05) is 17.8 Å². The van der Waals surface area contributed by atoms with Gasteiger partial charge in [-0.2, -0.15) is 0 Å². The van der Waals surface area contributed by atoms with E-state index in [4.69, 9.17) is 0 Å². The van der Waals surface area contributed by atoms with Crippen LogP contribution in [0.2, 0.25) is 0 Å². The molecule has 5 heteroatoms. The monoisotopic (exact) mass is 292 g/mol. The first kappa shape index (κ1) is 12.8. The van der Waals surface area contributed by atoms with E-state index in [2.05, 4.69) is 20.3 Å². The summed E-state index contributed by atoms with van der Waals surface area (Å²) in [6.07, 6.45) is 9.21. The van der Waals surface area contributed by atoms with Gasteiger partial charge in [-0.05, 0) is 30.5 Å². The van der Waals surface area contributed by atoms with Gasteiger partial charge in [0.2, 0.25) is 0 Å². The Morgan fingerprint density at radius 3 is 2.86 bits per heavy atom. The molecule has 0 spiro atoms. The van der Waals surface area contributed by atoms with E-state index in [1.54, 1.807) is 18.5 Å². The van der Waals surface area contributed by atoms with E-state index in [1.165, 1.54) is 6.07 Å². The summed E-state index contributed by atoms with van der Waals surface area (Å²) in [6.45, 7) is 0. The minimum Gasteiger partial charge on any atom is -0.380 e. The van der Waals surface area contributed by atoms with Gasteiger partial charge in [0.25, 0.3) is 0 Å². The van der Waals surface area contributed by atoms with Crippen LogP contribution in [0, 0.1) is 5.82 Å². The van der Waals surface area contributed by atoms with Crippen molar-refractivity contribution in [3.05, 3.63) is 72.3 Å². The molecule has 108 valence electrons. The largest absolute Gasteiger partial charge is 0.380 e. The number of H-pyrrole nitrogens is 1. The first-order valence-electron chi connectivity index (χ1n) is 7.01. The zero-order valence-corrected chi connectivity index (χ0v) is 11.6. The van der Waals surface area contributed by atoms with Crippen LogP contribution in [0.25, 0.3) is 22.6 Å². The molecule has 1 aliphatic rings. The molecular weight excluding hydrogens is 279 g/mol. The number of nitrogens with one attached hydrogen (secondary N) is 2. The molecule has 2 aromatic heterocycles. The summed E-state index contributed by atoms with van der Waals surface area (Å²) >= 11 is 0. The Bertz CT molecular complexity index is 880. The molecule has 0 fully saturated rings. The average molecular weight is 292 g/mol. The SMILES string of the molecule is Fc1cc2nc(-c3ccccn3)[nH]c2cc1C1C=CC=CN1. The summed E-state index contributed by atoms with van der Waals surface area (Å²) in [5, 5.41) is 3.13. The number of fused-ring (bicyclic) bond motifs is 1. The molecule has 0 radical (unpaired) electrons. The van der Waals surface area contributed by atoms with Gasteiger partial charge in [-0.15, -0.1) is 0 Å². The maximum absolute atomic E-state index is 14.3. The van der Waals surface area contributed by atoms with Gasteiger partial charge in [-0.1, -0.05) is 18.2 Å². The Labute approximate surface area is 126 Å². The number of benzene rings is 1. The van der Waals surface area contributed by atoms with Gasteiger partial charge in [0.15, 0.2) is 5.82 Å². The van der Waals surface area contributed by atoms with Gasteiger partial charge in [-0.3, -0.25) is 4.98 Å². The van der Waals surface area contributed by atoms with Crippen LogP contribution in [-0.2, 0) is 0 Å². The van der Waals surface area contributed by atoms with E-state index in [9.17, 15) is 4.39 Å². The first-order chi connectivity index (χ1) is 10.8. The second-order valence-corrected chi connectivity index (χ2v) is 5.08. The van der Waals surface area contributed by atoms with Gasteiger partial charge in [-0.25, -0.2) is 9.37 Å². The minimum absolute atomic E-state index is 0.170. The average Bonchev–Trinajstić information content (AvgIpc) is 2.98. The fourth-order valence-electron chi connectivity index (χ4n) is 2.55. The molecule has 3 heterocycles. The lowest BCUT2D eigenvalue weighted by Gasteiger charge is -2.16. The van der Waals surface area contributed by atoms with E-state index in [0.29, 0.717) is 16.9 Å². The number of hydrogen-bond donors (Lipinski definition) is 2. The summed E-state index contributed by atoms with van der Waals surface area (Å²) in [5.74, 6) is 0.364. The Morgan fingerprint density at radius 1 is 1.14 bits per heavy atom. The maximum atomic E-state index is 14.3. The lowest BCUT2D eigenvalue weighted by atomic mass is 10.0. The number of nitrogens with zero attached hydrogens (tertiary/aromatic N) is 2. The molecule has 22 heavy (non-hydrogen) atoms. The van der Waals surface area contributed by atoms with Crippen molar-refractivity contribution >= 4 is 11.0 Å². The predicted molar refractivity (Wildman–Crippen MR) is 83.4 cm³/mol. The van der Waals surface area contributed by atoms with Crippen molar-refractivity contribution in [2.24, 2.45) is 0 Å². The molecule has 4 nitrogen and oxygen atoms in total. The van der Waals surface area contributed by atoms with Crippen LogP contribution in [0.15, 0.2) is 61.0 Å². The lowest BCUT2D eigenvalue weighted by Crippen LogP contribution is -2.16. The third-order valence-electron chi connectivity index (χ3n) is 3.63. The van der Waals surface area contributed by atoms with Gasteiger partial charge < -0.3 is 10.3 Å². The number of hydrogen-bond acceptors (Lipinski definition) is 3. The summed E-state index contributed by atoms with van der Waals surface area (Å²) in [6, 6.07) is 8.69. The van der Waals surface area contributed by atoms with E-state index in [1.807, 2.05) is 36.4 Å². The third-order valence-corrected chi connectivity index (χ3v) is 3.63. The highest BCUT2D eigenvalue weighted by Gasteiger charge is 2.16. The molecule has 1 unspecified atom stereocenters. The quantitative estimate of drug-likeness (QED) is 0.760. The molecule has 0 saturated carbocycles. The lowest BCUT2D eigenvalue weighted by molar-refractivity contribution is 0.589. The molecular formula is C17H13FN4. The van der Waals surface area contributed by atoms with E-state index < -0.39 is 0 Å². The molecule has 1 aliphatic heterocycles. The standard InChI is InChI=1S/C17H13FN4/c18-12-10-16-15(9-11(12)13-5-1-3-7-19-13)21-17(22-16)14-6-2-4-8-20-14/h1-10,13,19H,(H,21,22). The topological polar surface area (TPSA) is 53.6 Å². The van der Waals surface area contributed by atoms with Crippen molar-refractivity contribution in [3.8, 4) is 11.5 Å². The molecule has 0 bridgehead atoms. The van der Waals surface area contributed by atoms with Crippen LogP contribution < -0.4 is 5.32 Å². The smallest absolute Gasteiger partial charge is 0.157 e. The highest BCUT2D eigenvalue weighted by molar-refractivity contribution is 5.79. The second kappa shape index (κ2) is 5.11.